The molecular formula is C12H24N2. The van der Waals surface area contributed by atoms with E-state index in [4.69, 9.17) is 5.84 Å². The van der Waals surface area contributed by atoms with E-state index >= 15 is 0 Å². The molecule has 0 heterocycles. The molecule has 2 aliphatic carbocycles. The first kappa shape index (κ1) is 10.4. The molecule has 0 aromatic rings. The second kappa shape index (κ2) is 5.13. The molecule has 14 heavy (non-hydrogen) atoms. The van der Waals surface area contributed by atoms with Crippen LogP contribution in [0.4, 0.5) is 0 Å². The predicted octanol–water partition coefficient (Wildman–Crippen LogP) is 2.59. The summed E-state index contributed by atoms with van der Waals surface area (Å²) >= 11 is 0. The van der Waals surface area contributed by atoms with E-state index in [-0.39, 0.29) is 0 Å². The van der Waals surface area contributed by atoms with Crippen LogP contribution < -0.4 is 11.3 Å². The Bertz CT molecular complexity index is 160. The van der Waals surface area contributed by atoms with Crippen molar-refractivity contribution in [1.29, 1.82) is 0 Å². The van der Waals surface area contributed by atoms with E-state index in [1.54, 1.807) is 0 Å². The summed E-state index contributed by atoms with van der Waals surface area (Å²) in [5.41, 5.74) is 3.00. The van der Waals surface area contributed by atoms with Crippen LogP contribution in [0, 0.1) is 11.8 Å². The van der Waals surface area contributed by atoms with Gasteiger partial charge in [0.2, 0.25) is 0 Å². The number of rotatable bonds is 5. The summed E-state index contributed by atoms with van der Waals surface area (Å²) in [6.07, 6.45) is 12.9. The number of nitrogens with one attached hydrogen (secondary N) is 1. The molecule has 3 N–H and O–H groups in total. The van der Waals surface area contributed by atoms with Crippen molar-refractivity contribution in [2.75, 3.05) is 0 Å². The molecule has 82 valence electrons. The zero-order valence-electron chi connectivity index (χ0n) is 9.17. The second-order valence-electron chi connectivity index (χ2n) is 5.19. The van der Waals surface area contributed by atoms with E-state index in [0.29, 0.717) is 6.04 Å². The standard InChI is InChI=1S/C12H24N2/c13-14-12(11-7-8-11)9-6-10-4-2-1-3-5-10/h10-12,14H,1-9,13H2. The Hall–Kier alpha value is -0.0800. The van der Waals surface area contributed by atoms with Gasteiger partial charge in [0, 0.05) is 6.04 Å². The topological polar surface area (TPSA) is 38.0 Å². The third kappa shape index (κ3) is 2.96. The number of hydrogen-bond donors (Lipinski definition) is 2. The minimum Gasteiger partial charge on any atom is -0.271 e. The molecule has 0 spiro atoms. The molecule has 0 radical (unpaired) electrons. The fourth-order valence-electron chi connectivity index (χ4n) is 2.84. The fourth-order valence-corrected chi connectivity index (χ4v) is 2.84. The monoisotopic (exact) mass is 196 g/mol. The summed E-state index contributed by atoms with van der Waals surface area (Å²) in [7, 11) is 0. The molecule has 2 heteroatoms. The van der Waals surface area contributed by atoms with E-state index in [9.17, 15) is 0 Å². The van der Waals surface area contributed by atoms with E-state index in [2.05, 4.69) is 5.43 Å². The highest BCUT2D eigenvalue weighted by Gasteiger charge is 2.30. The van der Waals surface area contributed by atoms with Crippen molar-refractivity contribution >= 4 is 0 Å². The van der Waals surface area contributed by atoms with Gasteiger partial charge in [0.25, 0.3) is 0 Å². The summed E-state index contributed by atoms with van der Waals surface area (Å²) < 4.78 is 0. The van der Waals surface area contributed by atoms with Gasteiger partial charge in [-0.2, -0.15) is 0 Å². The van der Waals surface area contributed by atoms with Gasteiger partial charge in [0.1, 0.15) is 0 Å². The van der Waals surface area contributed by atoms with Gasteiger partial charge in [0.05, 0.1) is 0 Å². The van der Waals surface area contributed by atoms with Gasteiger partial charge < -0.3 is 0 Å². The molecule has 0 aromatic carbocycles. The van der Waals surface area contributed by atoms with Crippen molar-refractivity contribution in [2.24, 2.45) is 17.7 Å². The fraction of sp³-hybridized carbons (Fsp3) is 1.00. The molecule has 1 atom stereocenters. The van der Waals surface area contributed by atoms with Crippen LogP contribution in [-0.2, 0) is 0 Å². The van der Waals surface area contributed by atoms with Crippen LogP contribution in [0.25, 0.3) is 0 Å². The Kier molecular flexibility index (Phi) is 3.82. The zero-order valence-corrected chi connectivity index (χ0v) is 9.17. The Labute approximate surface area is 87.6 Å². The summed E-state index contributed by atoms with van der Waals surface area (Å²) in [5.74, 6) is 7.50. The van der Waals surface area contributed by atoms with Crippen molar-refractivity contribution in [3.63, 3.8) is 0 Å². The first-order valence-corrected chi connectivity index (χ1v) is 6.36. The van der Waals surface area contributed by atoms with Crippen LogP contribution in [0.5, 0.6) is 0 Å². The summed E-state index contributed by atoms with van der Waals surface area (Å²) in [6, 6.07) is 0.622. The molecule has 2 rings (SSSR count). The first-order chi connectivity index (χ1) is 6.90. The van der Waals surface area contributed by atoms with Gasteiger partial charge in [-0.3, -0.25) is 11.3 Å². The summed E-state index contributed by atoms with van der Waals surface area (Å²) in [6.45, 7) is 0. The zero-order chi connectivity index (χ0) is 9.80. The normalized spacial score (nSPS) is 26.4. The van der Waals surface area contributed by atoms with Crippen LogP contribution >= 0.6 is 0 Å². The Morgan fingerprint density at radius 2 is 1.79 bits per heavy atom. The van der Waals surface area contributed by atoms with Gasteiger partial charge in [-0.15, -0.1) is 0 Å². The van der Waals surface area contributed by atoms with E-state index in [1.807, 2.05) is 0 Å². The van der Waals surface area contributed by atoms with Crippen molar-refractivity contribution < 1.29 is 0 Å². The molecule has 0 saturated heterocycles. The molecular weight excluding hydrogens is 172 g/mol. The Morgan fingerprint density at radius 1 is 1.07 bits per heavy atom. The molecule has 2 saturated carbocycles. The third-order valence-electron chi connectivity index (χ3n) is 4.02. The van der Waals surface area contributed by atoms with E-state index < -0.39 is 0 Å². The number of nitrogens with two attached hydrogens (primary N) is 1. The second-order valence-corrected chi connectivity index (χ2v) is 5.19. The van der Waals surface area contributed by atoms with E-state index in [0.717, 1.165) is 11.8 Å². The lowest BCUT2D eigenvalue weighted by Crippen LogP contribution is -2.37. The Balaban J connectivity index is 1.63. The van der Waals surface area contributed by atoms with Crippen molar-refractivity contribution in [3.05, 3.63) is 0 Å². The smallest absolute Gasteiger partial charge is 0.0238 e. The predicted molar refractivity (Wildman–Crippen MR) is 59.6 cm³/mol. The first-order valence-electron chi connectivity index (χ1n) is 6.36. The minimum absolute atomic E-state index is 0.622. The number of hydrazine groups is 1. The van der Waals surface area contributed by atoms with E-state index in [1.165, 1.54) is 57.8 Å². The highest BCUT2D eigenvalue weighted by molar-refractivity contribution is 4.85. The van der Waals surface area contributed by atoms with Gasteiger partial charge >= 0.3 is 0 Å². The van der Waals surface area contributed by atoms with Crippen LogP contribution in [0.15, 0.2) is 0 Å². The largest absolute Gasteiger partial charge is 0.271 e. The van der Waals surface area contributed by atoms with Crippen molar-refractivity contribution in [3.8, 4) is 0 Å². The molecule has 0 aliphatic heterocycles. The highest BCUT2D eigenvalue weighted by atomic mass is 15.2. The lowest BCUT2D eigenvalue weighted by Gasteiger charge is -2.23. The molecule has 2 aliphatic rings. The van der Waals surface area contributed by atoms with Crippen LogP contribution in [-0.4, -0.2) is 6.04 Å². The highest BCUT2D eigenvalue weighted by Crippen LogP contribution is 2.36. The SMILES string of the molecule is NNC(CCC1CCCCC1)C1CC1. The molecule has 0 bridgehead atoms. The third-order valence-corrected chi connectivity index (χ3v) is 4.02. The van der Waals surface area contributed by atoms with Gasteiger partial charge in [-0.25, -0.2) is 0 Å². The lowest BCUT2D eigenvalue weighted by molar-refractivity contribution is 0.305. The van der Waals surface area contributed by atoms with Crippen LogP contribution in [0.1, 0.15) is 57.8 Å². The maximum atomic E-state index is 5.58. The van der Waals surface area contributed by atoms with Crippen LogP contribution in [0.2, 0.25) is 0 Å². The molecule has 0 aromatic heterocycles. The molecule has 0 amide bonds. The van der Waals surface area contributed by atoms with Gasteiger partial charge in [0.15, 0.2) is 0 Å². The maximum absolute atomic E-state index is 5.58. The average molecular weight is 196 g/mol. The van der Waals surface area contributed by atoms with Crippen molar-refractivity contribution in [2.45, 2.75) is 63.8 Å². The van der Waals surface area contributed by atoms with Gasteiger partial charge in [-0.1, -0.05) is 32.1 Å². The number of hydrogen-bond acceptors (Lipinski definition) is 2. The quantitative estimate of drug-likeness (QED) is 0.524. The minimum atomic E-state index is 0.622. The van der Waals surface area contributed by atoms with Crippen molar-refractivity contribution in [1.82, 2.24) is 5.43 Å². The summed E-state index contributed by atoms with van der Waals surface area (Å²) in [4.78, 5) is 0. The average Bonchev–Trinajstić information content (AvgIpc) is 3.05. The molecule has 2 nitrogen and oxygen atoms in total. The summed E-state index contributed by atoms with van der Waals surface area (Å²) in [5, 5.41) is 0. The van der Waals surface area contributed by atoms with Crippen LogP contribution in [0.3, 0.4) is 0 Å². The van der Waals surface area contributed by atoms with Gasteiger partial charge in [-0.05, 0) is 37.5 Å². The maximum Gasteiger partial charge on any atom is 0.0238 e. The molecule has 2 fully saturated rings. The lowest BCUT2D eigenvalue weighted by atomic mass is 9.85. The Morgan fingerprint density at radius 3 is 2.36 bits per heavy atom. The molecule has 1 unspecified atom stereocenters.